The van der Waals surface area contributed by atoms with E-state index in [1.165, 1.54) is 12.3 Å². The molecule has 0 aliphatic carbocycles. The second-order valence-corrected chi connectivity index (χ2v) is 6.97. The van der Waals surface area contributed by atoms with Crippen LogP contribution in [0.3, 0.4) is 0 Å². The molecule has 3 aromatic rings. The number of hydrogen-bond acceptors (Lipinski definition) is 3. The van der Waals surface area contributed by atoms with Crippen molar-refractivity contribution in [3.63, 3.8) is 0 Å². The van der Waals surface area contributed by atoms with Crippen molar-refractivity contribution < 1.29 is 17.9 Å². The number of morpholine rings is 1. The van der Waals surface area contributed by atoms with Crippen LogP contribution < -0.4 is 0 Å². The molecule has 0 N–H and O–H groups in total. The van der Waals surface area contributed by atoms with Gasteiger partial charge in [-0.15, -0.1) is 0 Å². The molecule has 0 amide bonds. The average molecular weight is 389 g/mol. The Hall–Kier alpha value is -2.38. The van der Waals surface area contributed by atoms with Crippen LogP contribution in [0.15, 0.2) is 48.8 Å². The summed E-state index contributed by atoms with van der Waals surface area (Å²) >= 11 is 0. The molecule has 0 bridgehead atoms. The van der Waals surface area contributed by atoms with Crippen molar-refractivity contribution in [3.8, 4) is 5.82 Å². The molecule has 1 fully saturated rings. The fraction of sp³-hybridized carbons (Fsp3) is 0.381. The van der Waals surface area contributed by atoms with E-state index in [1.54, 1.807) is 4.57 Å². The van der Waals surface area contributed by atoms with Crippen LogP contribution in [0.1, 0.15) is 17.5 Å². The SMILES string of the molecule is FC(F)(F)c1cccnc1-n1cc(CCCN2CCOCC2)c2ccccc21. The van der Waals surface area contributed by atoms with Crippen molar-refractivity contribution in [2.45, 2.75) is 19.0 Å². The zero-order valence-corrected chi connectivity index (χ0v) is 15.5. The first-order valence-electron chi connectivity index (χ1n) is 9.46. The number of aromatic nitrogens is 2. The summed E-state index contributed by atoms with van der Waals surface area (Å²) in [5.41, 5.74) is 1.06. The van der Waals surface area contributed by atoms with E-state index in [-0.39, 0.29) is 5.82 Å². The highest BCUT2D eigenvalue weighted by atomic mass is 19.4. The van der Waals surface area contributed by atoms with E-state index < -0.39 is 11.7 Å². The standard InChI is InChI=1S/C21H22F3N3O/c22-21(23,24)18-7-3-9-25-20(18)27-15-16(17-6-1-2-8-19(17)27)5-4-10-26-11-13-28-14-12-26/h1-3,6-9,15H,4-5,10-14H2. The first kappa shape index (κ1) is 19.0. The average Bonchev–Trinajstić information content (AvgIpc) is 3.07. The van der Waals surface area contributed by atoms with Gasteiger partial charge in [0.1, 0.15) is 5.82 Å². The minimum atomic E-state index is -4.45. The van der Waals surface area contributed by atoms with Crippen molar-refractivity contribution in [2.75, 3.05) is 32.8 Å². The summed E-state index contributed by atoms with van der Waals surface area (Å²) in [6, 6.07) is 9.96. The van der Waals surface area contributed by atoms with Gasteiger partial charge in [-0.3, -0.25) is 4.90 Å². The molecular formula is C21H22F3N3O. The third-order valence-corrected chi connectivity index (χ3v) is 5.14. The van der Waals surface area contributed by atoms with Gasteiger partial charge in [0.25, 0.3) is 0 Å². The van der Waals surface area contributed by atoms with Crippen LogP contribution in [0.4, 0.5) is 13.2 Å². The number of halogens is 3. The molecule has 28 heavy (non-hydrogen) atoms. The molecule has 148 valence electrons. The maximum Gasteiger partial charge on any atom is 0.419 e. The molecule has 4 rings (SSSR count). The van der Waals surface area contributed by atoms with Gasteiger partial charge in [-0.25, -0.2) is 4.98 Å². The van der Waals surface area contributed by atoms with E-state index in [4.69, 9.17) is 4.74 Å². The third kappa shape index (κ3) is 3.91. The van der Waals surface area contributed by atoms with Crippen LogP contribution in [-0.2, 0) is 17.3 Å². The van der Waals surface area contributed by atoms with Gasteiger partial charge in [0, 0.05) is 30.9 Å². The summed E-state index contributed by atoms with van der Waals surface area (Å²) in [6.07, 6.45) is 0.506. The summed E-state index contributed by atoms with van der Waals surface area (Å²) in [6.45, 7) is 4.36. The summed E-state index contributed by atoms with van der Waals surface area (Å²) in [7, 11) is 0. The van der Waals surface area contributed by atoms with Gasteiger partial charge < -0.3 is 9.30 Å². The number of fused-ring (bicyclic) bond motifs is 1. The number of ether oxygens (including phenoxy) is 1. The van der Waals surface area contributed by atoms with E-state index in [0.717, 1.165) is 68.2 Å². The number of nitrogens with zero attached hydrogens (tertiary/aromatic N) is 3. The van der Waals surface area contributed by atoms with Crippen LogP contribution in [-0.4, -0.2) is 47.3 Å². The second-order valence-electron chi connectivity index (χ2n) is 6.97. The van der Waals surface area contributed by atoms with Crippen LogP contribution >= 0.6 is 0 Å². The quantitative estimate of drug-likeness (QED) is 0.652. The lowest BCUT2D eigenvalue weighted by Gasteiger charge is -2.26. The molecule has 1 aliphatic heterocycles. The molecule has 1 aromatic carbocycles. The Labute approximate surface area is 161 Å². The van der Waals surface area contributed by atoms with Gasteiger partial charge in [0.15, 0.2) is 0 Å². The fourth-order valence-electron chi connectivity index (χ4n) is 3.75. The number of hydrogen-bond donors (Lipinski definition) is 0. The molecule has 4 nitrogen and oxygen atoms in total. The number of pyridine rings is 1. The number of alkyl halides is 3. The first-order valence-corrected chi connectivity index (χ1v) is 9.46. The topological polar surface area (TPSA) is 30.3 Å². The second kappa shape index (κ2) is 7.93. The van der Waals surface area contributed by atoms with Crippen LogP contribution in [0.2, 0.25) is 0 Å². The summed E-state index contributed by atoms with van der Waals surface area (Å²) in [4.78, 5) is 6.42. The number of benzene rings is 1. The first-order chi connectivity index (χ1) is 13.5. The fourth-order valence-corrected chi connectivity index (χ4v) is 3.75. The van der Waals surface area contributed by atoms with Crippen molar-refractivity contribution in [1.82, 2.24) is 14.5 Å². The predicted molar refractivity (Wildman–Crippen MR) is 102 cm³/mol. The number of para-hydroxylation sites is 1. The third-order valence-electron chi connectivity index (χ3n) is 5.14. The van der Waals surface area contributed by atoms with Crippen LogP contribution in [0.5, 0.6) is 0 Å². The molecule has 0 spiro atoms. The Morgan fingerprint density at radius 2 is 1.82 bits per heavy atom. The van der Waals surface area contributed by atoms with Gasteiger partial charge in [-0.05, 0) is 43.1 Å². The Morgan fingerprint density at radius 1 is 1.04 bits per heavy atom. The molecule has 1 saturated heterocycles. The summed E-state index contributed by atoms with van der Waals surface area (Å²) in [5.74, 6) is -0.0781. The number of rotatable bonds is 5. The highest BCUT2D eigenvalue weighted by Crippen LogP contribution is 2.35. The van der Waals surface area contributed by atoms with Crippen molar-refractivity contribution in [3.05, 3.63) is 59.9 Å². The highest BCUT2D eigenvalue weighted by molar-refractivity contribution is 5.85. The zero-order chi connectivity index (χ0) is 19.6. The van der Waals surface area contributed by atoms with E-state index in [0.29, 0.717) is 0 Å². The number of aryl methyl sites for hydroxylation is 1. The molecule has 0 atom stereocenters. The van der Waals surface area contributed by atoms with E-state index in [9.17, 15) is 13.2 Å². The lowest BCUT2D eigenvalue weighted by Crippen LogP contribution is -2.36. The lowest BCUT2D eigenvalue weighted by atomic mass is 10.1. The largest absolute Gasteiger partial charge is 0.419 e. The smallest absolute Gasteiger partial charge is 0.379 e. The molecule has 0 radical (unpaired) electrons. The Balaban J connectivity index is 1.64. The molecule has 7 heteroatoms. The van der Waals surface area contributed by atoms with Gasteiger partial charge in [-0.2, -0.15) is 13.2 Å². The van der Waals surface area contributed by atoms with E-state index in [2.05, 4.69) is 9.88 Å². The monoisotopic (exact) mass is 389 g/mol. The van der Waals surface area contributed by atoms with Crippen molar-refractivity contribution in [2.24, 2.45) is 0 Å². The minimum Gasteiger partial charge on any atom is -0.379 e. The van der Waals surface area contributed by atoms with Crippen molar-refractivity contribution in [1.29, 1.82) is 0 Å². The van der Waals surface area contributed by atoms with Crippen LogP contribution in [0, 0.1) is 0 Å². The van der Waals surface area contributed by atoms with Gasteiger partial charge in [-0.1, -0.05) is 18.2 Å². The highest BCUT2D eigenvalue weighted by Gasteiger charge is 2.35. The van der Waals surface area contributed by atoms with Gasteiger partial charge in [0.2, 0.25) is 0 Å². The molecule has 0 saturated carbocycles. The van der Waals surface area contributed by atoms with E-state index in [1.807, 2.05) is 30.5 Å². The minimum absolute atomic E-state index is 0.0781. The molecular weight excluding hydrogens is 367 g/mol. The summed E-state index contributed by atoms with van der Waals surface area (Å²) < 4.78 is 47.4. The molecule has 1 aliphatic rings. The Kier molecular flexibility index (Phi) is 5.37. The zero-order valence-electron chi connectivity index (χ0n) is 15.5. The van der Waals surface area contributed by atoms with Gasteiger partial charge in [0.05, 0.1) is 24.3 Å². The molecule has 3 heterocycles. The molecule has 2 aromatic heterocycles. The predicted octanol–water partition coefficient (Wildman–Crippen LogP) is 4.31. The van der Waals surface area contributed by atoms with Crippen LogP contribution in [0.25, 0.3) is 16.7 Å². The summed E-state index contributed by atoms with van der Waals surface area (Å²) in [5, 5.41) is 0.975. The Bertz CT molecular complexity index is 945. The molecule has 0 unspecified atom stereocenters. The van der Waals surface area contributed by atoms with E-state index >= 15 is 0 Å². The maximum atomic E-state index is 13.5. The van der Waals surface area contributed by atoms with Crippen molar-refractivity contribution >= 4 is 10.9 Å². The normalized spacial score (nSPS) is 16.0. The lowest BCUT2D eigenvalue weighted by molar-refractivity contribution is -0.137. The maximum absolute atomic E-state index is 13.5. The van der Waals surface area contributed by atoms with Gasteiger partial charge >= 0.3 is 6.18 Å². The Morgan fingerprint density at radius 3 is 2.61 bits per heavy atom.